The molecule has 0 saturated heterocycles. The van der Waals surface area contributed by atoms with E-state index in [0.717, 1.165) is 0 Å². The molecule has 1 amide bonds. The summed E-state index contributed by atoms with van der Waals surface area (Å²) in [6.07, 6.45) is 0. The van der Waals surface area contributed by atoms with Crippen LogP contribution < -0.4 is 15.5 Å². The van der Waals surface area contributed by atoms with Crippen LogP contribution in [0, 0.1) is 0 Å². The Balaban J connectivity index is 2.62. The fourth-order valence-corrected chi connectivity index (χ4v) is 1.26. The van der Waals surface area contributed by atoms with Crippen molar-refractivity contribution >= 4 is 5.91 Å². The maximum Gasteiger partial charge on any atom is 0.257 e. The SMILES string of the molecule is COc1cccc(O)c1CNCC(=O)NO. The molecule has 0 bridgehead atoms. The first-order chi connectivity index (χ1) is 7.69. The molecule has 6 nitrogen and oxygen atoms in total. The molecule has 0 heterocycles. The number of nitrogens with one attached hydrogen (secondary N) is 2. The van der Waals surface area contributed by atoms with Gasteiger partial charge in [0.05, 0.1) is 13.7 Å². The van der Waals surface area contributed by atoms with Crippen molar-refractivity contribution in [2.45, 2.75) is 6.54 Å². The third-order valence-electron chi connectivity index (χ3n) is 2.04. The number of amides is 1. The zero-order valence-electron chi connectivity index (χ0n) is 8.86. The number of hydrogen-bond donors (Lipinski definition) is 4. The number of rotatable bonds is 5. The molecule has 0 atom stereocenters. The van der Waals surface area contributed by atoms with E-state index < -0.39 is 5.91 Å². The Morgan fingerprint density at radius 3 is 2.88 bits per heavy atom. The number of benzene rings is 1. The number of carbonyl (C=O) groups is 1. The van der Waals surface area contributed by atoms with Gasteiger partial charge in [0.15, 0.2) is 0 Å². The number of hydroxylamine groups is 1. The Kier molecular flexibility index (Phi) is 4.56. The highest BCUT2D eigenvalue weighted by molar-refractivity contribution is 5.76. The standard InChI is InChI=1S/C10H14N2O4/c1-16-9-4-2-3-8(13)7(9)5-11-6-10(14)12-15/h2-4,11,13,15H,5-6H2,1H3,(H,12,14). The maximum absolute atomic E-state index is 10.7. The van der Waals surface area contributed by atoms with Crippen LogP contribution >= 0.6 is 0 Å². The summed E-state index contributed by atoms with van der Waals surface area (Å²) in [6.45, 7) is 0.219. The Hall–Kier alpha value is -1.79. The normalized spacial score (nSPS) is 9.88. The molecule has 16 heavy (non-hydrogen) atoms. The number of hydrogen-bond acceptors (Lipinski definition) is 5. The molecular formula is C10H14N2O4. The molecule has 0 unspecified atom stereocenters. The number of phenolic OH excluding ortho intramolecular Hbond substituents is 1. The van der Waals surface area contributed by atoms with Gasteiger partial charge >= 0.3 is 0 Å². The van der Waals surface area contributed by atoms with Gasteiger partial charge in [-0.3, -0.25) is 10.0 Å². The smallest absolute Gasteiger partial charge is 0.257 e. The molecule has 88 valence electrons. The first-order valence-corrected chi connectivity index (χ1v) is 4.67. The van der Waals surface area contributed by atoms with Crippen LogP contribution in [0.4, 0.5) is 0 Å². The van der Waals surface area contributed by atoms with Crippen molar-refractivity contribution in [3.63, 3.8) is 0 Å². The van der Waals surface area contributed by atoms with Crippen LogP contribution in [0.3, 0.4) is 0 Å². The number of aromatic hydroxyl groups is 1. The predicted octanol–water partition coefficient (Wildman–Crippen LogP) is -0.00420. The Morgan fingerprint density at radius 1 is 1.50 bits per heavy atom. The minimum atomic E-state index is -0.547. The van der Waals surface area contributed by atoms with E-state index in [1.807, 2.05) is 0 Å². The van der Waals surface area contributed by atoms with Crippen molar-refractivity contribution in [1.82, 2.24) is 10.8 Å². The van der Waals surface area contributed by atoms with E-state index in [4.69, 9.17) is 9.94 Å². The van der Waals surface area contributed by atoms with Crippen molar-refractivity contribution in [3.05, 3.63) is 23.8 Å². The molecule has 0 aliphatic heterocycles. The second-order valence-corrected chi connectivity index (χ2v) is 3.10. The summed E-state index contributed by atoms with van der Waals surface area (Å²) < 4.78 is 5.06. The topological polar surface area (TPSA) is 90.8 Å². The summed E-state index contributed by atoms with van der Waals surface area (Å²) >= 11 is 0. The number of ether oxygens (including phenoxy) is 1. The zero-order valence-corrected chi connectivity index (χ0v) is 8.86. The summed E-state index contributed by atoms with van der Waals surface area (Å²) in [5.41, 5.74) is 2.06. The minimum Gasteiger partial charge on any atom is -0.507 e. The Bertz CT molecular complexity index is 368. The molecular weight excluding hydrogens is 212 g/mol. The first kappa shape index (κ1) is 12.3. The molecule has 4 N–H and O–H groups in total. The predicted molar refractivity (Wildman–Crippen MR) is 56.3 cm³/mol. The van der Waals surface area contributed by atoms with Crippen LogP contribution in [0.5, 0.6) is 11.5 Å². The largest absolute Gasteiger partial charge is 0.507 e. The van der Waals surface area contributed by atoms with Crippen LogP contribution in [-0.4, -0.2) is 29.9 Å². The van der Waals surface area contributed by atoms with Crippen molar-refractivity contribution in [2.24, 2.45) is 0 Å². The van der Waals surface area contributed by atoms with Gasteiger partial charge < -0.3 is 15.2 Å². The molecule has 0 spiro atoms. The second-order valence-electron chi connectivity index (χ2n) is 3.10. The van der Waals surface area contributed by atoms with Gasteiger partial charge in [0.1, 0.15) is 11.5 Å². The molecule has 0 aliphatic carbocycles. The second kappa shape index (κ2) is 5.94. The molecule has 0 saturated carbocycles. The van der Waals surface area contributed by atoms with Crippen LogP contribution in [0.15, 0.2) is 18.2 Å². The molecule has 0 radical (unpaired) electrons. The zero-order chi connectivity index (χ0) is 12.0. The Labute approximate surface area is 92.8 Å². The molecule has 1 aromatic rings. The molecule has 1 aromatic carbocycles. The highest BCUT2D eigenvalue weighted by atomic mass is 16.5. The van der Waals surface area contributed by atoms with Gasteiger partial charge in [-0.1, -0.05) is 6.07 Å². The monoisotopic (exact) mass is 226 g/mol. The van der Waals surface area contributed by atoms with Crippen LogP contribution in [0.1, 0.15) is 5.56 Å². The molecule has 0 fully saturated rings. The number of methoxy groups -OCH3 is 1. The fourth-order valence-electron chi connectivity index (χ4n) is 1.26. The third kappa shape index (κ3) is 3.11. The molecule has 6 heteroatoms. The van der Waals surface area contributed by atoms with Gasteiger partial charge in [0.25, 0.3) is 5.91 Å². The summed E-state index contributed by atoms with van der Waals surface area (Å²) in [7, 11) is 1.50. The lowest BCUT2D eigenvalue weighted by Gasteiger charge is -2.10. The van der Waals surface area contributed by atoms with Gasteiger partial charge in [-0.2, -0.15) is 0 Å². The van der Waals surface area contributed by atoms with E-state index in [2.05, 4.69) is 5.32 Å². The van der Waals surface area contributed by atoms with E-state index in [1.165, 1.54) is 18.7 Å². The molecule has 0 aliphatic rings. The molecule has 1 rings (SSSR count). The minimum absolute atomic E-state index is 0.0476. The van der Waals surface area contributed by atoms with Crippen LogP contribution in [-0.2, 0) is 11.3 Å². The lowest BCUT2D eigenvalue weighted by atomic mass is 10.1. The van der Waals surface area contributed by atoms with E-state index >= 15 is 0 Å². The van der Waals surface area contributed by atoms with Crippen molar-refractivity contribution in [3.8, 4) is 11.5 Å². The van der Waals surface area contributed by atoms with Gasteiger partial charge in [0, 0.05) is 12.1 Å². The number of phenols is 1. The van der Waals surface area contributed by atoms with Crippen molar-refractivity contribution < 1.29 is 19.8 Å². The van der Waals surface area contributed by atoms with E-state index in [-0.39, 0.29) is 18.8 Å². The lowest BCUT2D eigenvalue weighted by molar-refractivity contribution is -0.128. The van der Waals surface area contributed by atoms with E-state index in [1.54, 1.807) is 12.1 Å². The highest BCUT2D eigenvalue weighted by Gasteiger charge is 2.08. The van der Waals surface area contributed by atoms with E-state index in [0.29, 0.717) is 11.3 Å². The van der Waals surface area contributed by atoms with Gasteiger partial charge in [-0.05, 0) is 12.1 Å². The number of carbonyl (C=O) groups excluding carboxylic acids is 1. The average Bonchev–Trinajstić information content (AvgIpc) is 2.30. The average molecular weight is 226 g/mol. The van der Waals surface area contributed by atoms with Crippen LogP contribution in [0.25, 0.3) is 0 Å². The quantitative estimate of drug-likeness (QED) is 0.419. The Morgan fingerprint density at radius 2 is 2.25 bits per heavy atom. The summed E-state index contributed by atoms with van der Waals surface area (Å²) in [5, 5.41) is 20.6. The highest BCUT2D eigenvalue weighted by Crippen LogP contribution is 2.26. The van der Waals surface area contributed by atoms with Crippen molar-refractivity contribution in [1.29, 1.82) is 0 Å². The van der Waals surface area contributed by atoms with Gasteiger partial charge in [-0.25, -0.2) is 5.48 Å². The maximum atomic E-state index is 10.7. The lowest BCUT2D eigenvalue weighted by Crippen LogP contribution is -2.31. The van der Waals surface area contributed by atoms with Crippen molar-refractivity contribution in [2.75, 3.05) is 13.7 Å². The molecule has 0 aromatic heterocycles. The van der Waals surface area contributed by atoms with Gasteiger partial charge in [-0.15, -0.1) is 0 Å². The van der Waals surface area contributed by atoms with Gasteiger partial charge in [0.2, 0.25) is 0 Å². The summed E-state index contributed by atoms with van der Waals surface area (Å²) in [6, 6.07) is 4.91. The summed E-state index contributed by atoms with van der Waals surface area (Å²) in [4.78, 5) is 10.7. The first-order valence-electron chi connectivity index (χ1n) is 4.67. The summed E-state index contributed by atoms with van der Waals surface area (Å²) in [5.74, 6) is 0.0857. The third-order valence-corrected chi connectivity index (χ3v) is 2.04. The van der Waals surface area contributed by atoms with E-state index in [9.17, 15) is 9.90 Å². The fraction of sp³-hybridized carbons (Fsp3) is 0.300. The van der Waals surface area contributed by atoms with Crippen LogP contribution in [0.2, 0.25) is 0 Å².